The van der Waals surface area contributed by atoms with Crippen LogP contribution in [0.4, 0.5) is 5.69 Å². The lowest BCUT2D eigenvalue weighted by Crippen LogP contribution is -2.45. The molecule has 2 heterocycles. The standard InChI is InChI=1S/C18H20N4O2S/c23-25(24)18-9-5-4-8-17(18)19-20-22(25)16-10-12-21(13-11-16)14-15-6-2-1-3-7-15/h1-9,16H,10-14H2. The molecule has 2 aromatic carbocycles. The van der Waals surface area contributed by atoms with Gasteiger partial charge < -0.3 is 0 Å². The van der Waals surface area contributed by atoms with Gasteiger partial charge in [-0.1, -0.05) is 47.7 Å². The average Bonchev–Trinajstić information content (AvgIpc) is 2.64. The molecule has 0 amide bonds. The molecular weight excluding hydrogens is 336 g/mol. The van der Waals surface area contributed by atoms with Crippen LogP contribution in [0, 0.1) is 0 Å². The van der Waals surface area contributed by atoms with E-state index < -0.39 is 10.0 Å². The van der Waals surface area contributed by atoms with Gasteiger partial charge in [-0.3, -0.25) is 4.90 Å². The normalized spacial score (nSPS) is 20.4. The Hall–Kier alpha value is -2.25. The third kappa shape index (κ3) is 3.17. The maximum absolute atomic E-state index is 12.8. The Labute approximate surface area is 147 Å². The molecule has 4 rings (SSSR count). The van der Waals surface area contributed by atoms with Crippen molar-refractivity contribution in [2.24, 2.45) is 10.3 Å². The Morgan fingerprint density at radius 2 is 1.64 bits per heavy atom. The molecule has 0 saturated carbocycles. The summed E-state index contributed by atoms with van der Waals surface area (Å²) >= 11 is 0. The van der Waals surface area contributed by atoms with E-state index in [0.717, 1.165) is 32.5 Å². The summed E-state index contributed by atoms with van der Waals surface area (Å²) in [6.07, 6.45) is 1.51. The van der Waals surface area contributed by atoms with Crippen molar-refractivity contribution in [3.63, 3.8) is 0 Å². The summed E-state index contributed by atoms with van der Waals surface area (Å²) in [6.45, 7) is 2.59. The lowest BCUT2D eigenvalue weighted by atomic mass is 10.0. The molecule has 2 aliphatic heterocycles. The molecule has 0 N–H and O–H groups in total. The fourth-order valence-electron chi connectivity index (χ4n) is 3.41. The number of likely N-dealkylation sites (tertiary alicyclic amines) is 1. The van der Waals surface area contributed by atoms with Crippen LogP contribution in [0.5, 0.6) is 0 Å². The molecule has 130 valence electrons. The molecule has 6 nitrogen and oxygen atoms in total. The number of fused-ring (bicyclic) bond motifs is 1. The molecule has 0 bridgehead atoms. The van der Waals surface area contributed by atoms with Gasteiger partial charge in [-0.15, -0.1) is 5.11 Å². The summed E-state index contributed by atoms with van der Waals surface area (Å²) in [4.78, 5) is 2.60. The minimum absolute atomic E-state index is 0.130. The number of rotatable bonds is 3. The first kappa shape index (κ1) is 16.2. The minimum atomic E-state index is -3.60. The van der Waals surface area contributed by atoms with Crippen molar-refractivity contribution in [2.75, 3.05) is 13.1 Å². The summed E-state index contributed by atoms with van der Waals surface area (Å²) < 4.78 is 26.9. The van der Waals surface area contributed by atoms with Crippen LogP contribution < -0.4 is 0 Å². The van der Waals surface area contributed by atoms with E-state index in [4.69, 9.17) is 0 Å². The number of benzene rings is 2. The van der Waals surface area contributed by atoms with E-state index in [1.165, 1.54) is 9.98 Å². The summed E-state index contributed by atoms with van der Waals surface area (Å²) in [7, 11) is -3.60. The van der Waals surface area contributed by atoms with Crippen molar-refractivity contribution in [3.05, 3.63) is 60.2 Å². The quantitative estimate of drug-likeness (QED) is 0.847. The highest BCUT2D eigenvalue weighted by molar-refractivity contribution is 7.89. The molecule has 7 heteroatoms. The molecule has 1 saturated heterocycles. The number of piperidine rings is 1. The predicted molar refractivity (Wildman–Crippen MR) is 94.7 cm³/mol. The first-order valence-electron chi connectivity index (χ1n) is 8.46. The zero-order valence-corrected chi connectivity index (χ0v) is 14.6. The second-order valence-electron chi connectivity index (χ2n) is 6.43. The predicted octanol–water partition coefficient (Wildman–Crippen LogP) is 3.35. The van der Waals surface area contributed by atoms with E-state index in [0.29, 0.717) is 5.69 Å². The van der Waals surface area contributed by atoms with Crippen molar-refractivity contribution in [1.29, 1.82) is 0 Å². The van der Waals surface area contributed by atoms with Crippen LogP contribution in [0.3, 0.4) is 0 Å². The molecule has 0 atom stereocenters. The summed E-state index contributed by atoms with van der Waals surface area (Å²) in [5.74, 6) is 0. The van der Waals surface area contributed by atoms with E-state index in [-0.39, 0.29) is 10.9 Å². The smallest absolute Gasteiger partial charge is 0.282 e. The Bertz CT molecular complexity index is 875. The third-order valence-corrected chi connectivity index (χ3v) is 6.51. The second kappa shape index (κ2) is 6.57. The summed E-state index contributed by atoms with van der Waals surface area (Å²) in [6, 6.07) is 17.0. The van der Waals surface area contributed by atoms with Crippen LogP contribution in [0.2, 0.25) is 0 Å². The number of sulfonamides is 1. The van der Waals surface area contributed by atoms with Crippen molar-refractivity contribution < 1.29 is 8.42 Å². The largest absolute Gasteiger partial charge is 0.299 e. The van der Waals surface area contributed by atoms with Gasteiger partial charge in [0, 0.05) is 19.6 Å². The zero-order valence-electron chi connectivity index (χ0n) is 13.8. The van der Waals surface area contributed by atoms with Gasteiger partial charge in [0.05, 0.1) is 6.04 Å². The molecule has 0 aliphatic carbocycles. The Kier molecular flexibility index (Phi) is 4.27. The van der Waals surface area contributed by atoms with Gasteiger partial charge in [0.15, 0.2) is 0 Å². The van der Waals surface area contributed by atoms with Gasteiger partial charge in [-0.2, -0.15) is 12.8 Å². The molecule has 1 fully saturated rings. The van der Waals surface area contributed by atoms with Gasteiger partial charge in [0.1, 0.15) is 10.6 Å². The lowest BCUT2D eigenvalue weighted by Gasteiger charge is -2.36. The van der Waals surface area contributed by atoms with Gasteiger partial charge in [-0.05, 0) is 30.5 Å². The van der Waals surface area contributed by atoms with E-state index in [1.807, 2.05) is 18.2 Å². The number of hydrogen-bond donors (Lipinski definition) is 0. The molecule has 2 aliphatic rings. The van der Waals surface area contributed by atoms with Crippen LogP contribution >= 0.6 is 0 Å². The van der Waals surface area contributed by atoms with Crippen molar-refractivity contribution in [3.8, 4) is 0 Å². The van der Waals surface area contributed by atoms with Crippen molar-refractivity contribution >= 4 is 15.7 Å². The third-order valence-electron chi connectivity index (χ3n) is 4.75. The maximum Gasteiger partial charge on any atom is 0.282 e. The van der Waals surface area contributed by atoms with E-state index in [2.05, 4.69) is 27.4 Å². The van der Waals surface area contributed by atoms with Crippen LogP contribution in [0.1, 0.15) is 18.4 Å². The number of nitrogens with zero attached hydrogens (tertiary/aromatic N) is 4. The Balaban J connectivity index is 1.45. The highest BCUT2D eigenvalue weighted by Crippen LogP contribution is 2.35. The Morgan fingerprint density at radius 3 is 2.40 bits per heavy atom. The summed E-state index contributed by atoms with van der Waals surface area (Å²) in [5.41, 5.74) is 1.69. The fraction of sp³-hybridized carbons (Fsp3) is 0.333. The fourth-order valence-corrected chi connectivity index (χ4v) is 4.97. The first-order valence-corrected chi connectivity index (χ1v) is 9.90. The molecule has 25 heavy (non-hydrogen) atoms. The molecule has 0 unspecified atom stereocenters. The first-order chi connectivity index (χ1) is 12.1. The van der Waals surface area contributed by atoms with E-state index in [1.54, 1.807) is 24.3 Å². The zero-order chi connectivity index (χ0) is 17.3. The topological polar surface area (TPSA) is 65.3 Å². The Morgan fingerprint density at radius 1 is 0.960 bits per heavy atom. The monoisotopic (exact) mass is 356 g/mol. The van der Waals surface area contributed by atoms with Crippen LogP contribution in [0.15, 0.2) is 69.8 Å². The SMILES string of the molecule is O=S1(=O)c2ccccc2N=NN1C1CCN(Cc2ccccc2)CC1. The van der Waals surface area contributed by atoms with Gasteiger partial charge in [0.2, 0.25) is 0 Å². The van der Waals surface area contributed by atoms with Crippen molar-refractivity contribution in [1.82, 2.24) is 9.31 Å². The lowest BCUT2D eigenvalue weighted by molar-refractivity contribution is 0.150. The number of hydrogen-bond acceptors (Lipinski definition) is 5. The van der Waals surface area contributed by atoms with Crippen molar-refractivity contribution in [2.45, 2.75) is 30.3 Å². The molecule has 0 radical (unpaired) electrons. The van der Waals surface area contributed by atoms with Crippen LogP contribution in [-0.2, 0) is 16.6 Å². The van der Waals surface area contributed by atoms with E-state index in [9.17, 15) is 8.42 Å². The van der Waals surface area contributed by atoms with Gasteiger partial charge >= 0.3 is 0 Å². The summed E-state index contributed by atoms with van der Waals surface area (Å²) in [5, 5.41) is 8.10. The van der Waals surface area contributed by atoms with Crippen LogP contribution in [-0.4, -0.2) is 36.9 Å². The van der Waals surface area contributed by atoms with Gasteiger partial charge in [0.25, 0.3) is 10.0 Å². The molecular formula is C18H20N4O2S. The van der Waals surface area contributed by atoms with Crippen LogP contribution in [0.25, 0.3) is 0 Å². The van der Waals surface area contributed by atoms with E-state index >= 15 is 0 Å². The highest BCUT2D eigenvalue weighted by Gasteiger charge is 2.36. The molecule has 2 aromatic rings. The minimum Gasteiger partial charge on any atom is -0.299 e. The molecule has 0 spiro atoms. The maximum atomic E-state index is 12.8. The second-order valence-corrected chi connectivity index (χ2v) is 8.19. The van der Waals surface area contributed by atoms with Gasteiger partial charge in [-0.25, -0.2) is 0 Å². The average molecular weight is 356 g/mol. The highest BCUT2D eigenvalue weighted by atomic mass is 32.2. The molecule has 0 aromatic heterocycles.